The molecule has 3 nitrogen and oxygen atoms in total. The van der Waals surface area contributed by atoms with E-state index < -0.39 is 18.1 Å². The third kappa shape index (κ3) is 4.74. The van der Waals surface area contributed by atoms with Gasteiger partial charge in [0.1, 0.15) is 6.04 Å². The van der Waals surface area contributed by atoms with Crippen LogP contribution in [0.2, 0.25) is 0 Å². The van der Waals surface area contributed by atoms with Gasteiger partial charge in [0.15, 0.2) is 0 Å². The maximum Gasteiger partial charge on any atom is 0.408 e. The Balaban J connectivity index is 2.01. The number of halogens is 3. The van der Waals surface area contributed by atoms with Gasteiger partial charge in [-0.1, -0.05) is 30.3 Å². The van der Waals surface area contributed by atoms with Crippen molar-refractivity contribution in [2.24, 2.45) is 5.92 Å². The number of amides is 1. The number of carbonyl (C=O) groups is 1. The van der Waals surface area contributed by atoms with Gasteiger partial charge in [-0.3, -0.25) is 4.79 Å². The van der Waals surface area contributed by atoms with Crippen LogP contribution in [0.15, 0.2) is 30.3 Å². The second-order valence-electron chi connectivity index (χ2n) is 5.32. The number of hydrogen-bond acceptors (Lipinski definition) is 2. The Kier molecular flexibility index (Phi) is 5.22. The van der Waals surface area contributed by atoms with Crippen LogP contribution in [0.5, 0.6) is 0 Å². The van der Waals surface area contributed by atoms with E-state index >= 15 is 0 Å². The molecule has 0 aromatic heterocycles. The van der Waals surface area contributed by atoms with Gasteiger partial charge in [0.2, 0.25) is 5.91 Å². The first kappa shape index (κ1) is 15.8. The van der Waals surface area contributed by atoms with Crippen molar-refractivity contribution in [3.63, 3.8) is 0 Å². The Morgan fingerprint density at radius 2 is 1.86 bits per heavy atom. The number of benzene rings is 1. The average Bonchev–Trinajstić information content (AvgIpc) is 2.47. The molecule has 1 heterocycles. The molecule has 1 aromatic rings. The Labute approximate surface area is 121 Å². The lowest BCUT2D eigenvalue weighted by molar-refractivity contribution is -0.163. The van der Waals surface area contributed by atoms with Crippen LogP contribution in [0.3, 0.4) is 0 Å². The number of hydrogen-bond donors (Lipinski definition) is 2. The maximum atomic E-state index is 13.1. The van der Waals surface area contributed by atoms with Gasteiger partial charge in [-0.15, -0.1) is 0 Å². The van der Waals surface area contributed by atoms with Crippen LogP contribution in [0.4, 0.5) is 13.2 Å². The zero-order chi connectivity index (χ0) is 15.3. The van der Waals surface area contributed by atoms with Crippen molar-refractivity contribution in [3.05, 3.63) is 35.9 Å². The standard InChI is InChI=1S/C15H19F3N2O/c16-15(17,18)13(10-11-4-2-1-3-5-11)20-14(21)12-6-8-19-9-7-12/h1-5,12-13,19H,6-10H2,(H,20,21). The smallest absolute Gasteiger partial charge is 0.344 e. The number of nitrogens with one attached hydrogen (secondary N) is 2. The molecule has 1 saturated heterocycles. The molecule has 0 saturated carbocycles. The molecule has 1 aliphatic rings. The van der Waals surface area contributed by atoms with Crippen LogP contribution in [0.25, 0.3) is 0 Å². The minimum absolute atomic E-state index is 0.235. The fourth-order valence-corrected chi connectivity index (χ4v) is 2.47. The van der Waals surface area contributed by atoms with E-state index in [1.807, 2.05) is 0 Å². The molecule has 1 aliphatic heterocycles. The quantitative estimate of drug-likeness (QED) is 0.895. The van der Waals surface area contributed by atoms with Crippen molar-refractivity contribution in [3.8, 4) is 0 Å². The highest BCUT2D eigenvalue weighted by atomic mass is 19.4. The first-order valence-corrected chi connectivity index (χ1v) is 7.08. The summed E-state index contributed by atoms with van der Waals surface area (Å²) >= 11 is 0. The lowest BCUT2D eigenvalue weighted by atomic mass is 9.96. The summed E-state index contributed by atoms with van der Waals surface area (Å²) in [7, 11) is 0. The van der Waals surface area contributed by atoms with E-state index in [1.165, 1.54) is 0 Å². The Morgan fingerprint density at radius 1 is 1.24 bits per heavy atom. The van der Waals surface area contributed by atoms with Gasteiger partial charge in [0.05, 0.1) is 0 Å². The fraction of sp³-hybridized carbons (Fsp3) is 0.533. The van der Waals surface area contributed by atoms with Gasteiger partial charge in [-0.05, 0) is 31.5 Å². The highest BCUT2D eigenvalue weighted by Crippen LogP contribution is 2.24. The van der Waals surface area contributed by atoms with E-state index in [9.17, 15) is 18.0 Å². The Hall–Kier alpha value is -1.56. The highest BCUT2D eigenvalue weighted by Gasteiger charge is 2.41. The number of piperidine rings is 1. The van der Waals surface area contributed by atoms with Gasteiger partial charge in [-0.2, -0.15) is 13.2 Å². The van der Waals surface area contributed by atoms with E-state index in [0.29, 0.717) is 31.5 Å². The third-order valence-electron chi connectivity index (χ3n) is 3.70. The van der Waals surface area contributed by atoms with Crippen LogP contribution >= 0.6 is 0 Å². The molecule has 21 heavy (non-hydrogen) atoms. The van der Waals surface area contributed by atoms with Gasteiger partial charge < -0.3 is 10.6 Å². The molecule has 0 aliphatic carbocycles. The molecule has 1 unspecified atom stereocenters. The number of carbonyl (C=O) groups excluding carboxylic acids is 1. The summed E-state index contributed by atoms with van der Waals surface area (Å²) in [5.41, 5.74) is 0.561. The molecule has 0 radical (unpaired) electrons. The molecule has 6 heteroatoms. The molecule has 2 rings (SSSR count). The third-order valence-corrected chi connectivity index (χ3v) is 3.70. The molecule has 1 fully saturated rings. The fourth-order valence-electron chi connectivity index (χ4n) is 2.47. The molecule has 116 valence electrons. The predicted octanol–water partition coefficient (Wildman–Crippen LogP) is 2.28. The molecule has 1 aromatic carbocycles. The van der Waals surface area contributed by atoms with Crippen molar-refractivity contribution in [2.45, 2.75) is 31.5 Å². The van der Waals surface area contributed by atoms with Gasteiger partial charge in [0, 0.05) is 12.3 Å². The maximum absolute atomic E-state index is 13.1. The molecule has 1 atom stereocenters. The molecule has 1 amide bonds. The van der Waals surface area contributed by atoms with Crippen molar-refractivity contribution < 1.29 is 18.0 Å². The van der Waals surface area contributed by atoms with E-state index in [2.05, 4.69) is 10.6 Å². The summed E-state index contributed by atoms with van der Waals surface area (Å²) in [6.07, 6.45) is -3.51. The summed E-state index contributed by atoms with van der Waals surface area (Å²) in [4.78, 5) is 12.0. The number of alkyl halides is 3. The zero-order valence-electron chi connectivity index (χ0n) is 11.6. The molecular weight excluding hydrogens is 281 g/mol. The van der Waals surface area contributed by atoms with Crippen molar-refractivity contribution in [1.29, 1.82) is 0 Å². The second-order valence-corrected chi connectivity index (χ2v) is 5.32. The van der Waals surface area contributed by atoms with Crippen molar-refractivity contribution in [2.75, 3.05) is 13.1 Å². The zero-order valence-corrected chi connectivity index (χ0v) is 11.6. The normalized spacial score (nSPS) is 18.2. The molecule has 0 spiro atoms. The number of rotatable bonds is 4. The molecule has 2 N–H and O–H groups in total. The van der Waals surface area contributed by atoms with Gasteiger partial charge in [0.25, 0.3) is 0 Å². The topological polar surface area (TPSA) is 41.1 Å². The molecular formula is C15H19F3N2O. The van der Waals surface area contributed by atoms with E-state index in [-0.39, 0.29) is 12.3 Å². The van der Waals surface area contributed by atoms with E-state index in [4.69, 9.17) is 0 Å². The predicted molar refractivity (Wildman–Crippen MR) is 73.7 cm³/mol. The minimum atomic E-state index is -4.45. The first-order valence-electron chi connectivity index (χ1n) is 7.08. The first-order chi connectivity index (χ1) is 9.97. The SMILES string of the molecule is O=C(NC(Cc1ccccc1)C(F)(F)F)C1CCNCC1. The van der Waals surface area contributed by atoms with Crippen LogP contribution in [-0.4, -0.2) is 31.2 Å². The monoisotopic (exact) mass is 300 g/mol. The van der Waals surface area contributed by atoms with Crippen LogP contribution in [0.1, 0.15) is 18.4 Å². The minimum Gasteiger partial charge on any atom is -0.344 e. The average molecular weight is 300 g/mol. The summed E-state index contributed by atoms with van der Waals surface area (Å²) < 4.78 is 39.3. The van der Waals surface area contributed by atoms with Crippen LogP contribution in [0, 0.1) is 5.92 Å². The van der Waals surface area contributed by atoms with Gasteiger partial charge in [-0.25, -0.2) is 0 Å². The largest absolute Gasteiger partial charge is 0.408 e. The van der Waals surface area contributed by atoms with Crippen LogP contribution < -0.4 is 10.6 Å². The van der Waals surface area contributed by atoms with Crippen molar-refractivity contribution in [1.82, 2.24) is 10.6 Å². The highest BCUT2D eigenvalue weighted by molar-refractivity contribution is 5.79. The summed E-state index contributed by atoms with van der Waals surface area (Å²) in [6.45, 7) is 1.35. The van der Waals surface area contributed by atoms with Crippen molar-refractivity contribution >= 4 is 5.91 Å². The Morgan fingerprint density at radius 3 is 2.43 bits per heavy atom. The van der Waals surface area contributed by atoms with E-state index in [1.54, 1.807) is 30.3 Å². The lowest BCUT2D eigenvalue weighted by Gasteiger charge is -2.26. The molecule has 0 bridgehead atoms. The Bertz CT molecular complexity index is 456. The van der Waals surface area contributed by atoms with Gasteiger partial charge >= 0.3 is 6.18 Å². The second kappa shape index (κ2) is 6.93. The summed E-state index contributed by atoms with van der Waals surface area (Å²) in [5, 5.41) is 5.27. The summed E-state index contributed by atoms with van der Waals surface area (Å²) in [6, 6.07) is 6.57. The summed E-state index contributed by atoms with van der Waals surface area (Å²) in [5.74, 6) is -0.818. The lowest BCUT2D eigenvalue weighted by Crippen LogP contribution is -2.50. The van der Waals surface area contributed by atoms with Crippen LogP contribution in [-0.2, 0) is 11.2 Å². The van der Waals surface area contributed by atoms with E-state index in [0.717, 1.165) is 0 Å².